The van der Waals surface area contributed by atoms with Gasteiger partial charge in [0, 0.05) is 0 Å². The van der Waals surface area contributed by atoms with E-state index in [1.54, 1.807) is 0 Å². The van der Waals surface area contributed by atoms with Crippen molar-refractivity contribution in [1.82, 2.24) is 0 Å². The second-order valence-corrected chi connectivity index (χ2v) is 7.33. The highest BCUT2D eigenvalue weighted by molar-refractivity contribution is 5.92. The van der Waals surface area contributed by atoms with Crippen LogP contribution >= 0.6 is 0 Å². The van der Waals surface area contributed by atoms with E-state index < -0.39 is 0 Å². The second kappa shape index (κ2) is 7.48. The molecule has 0 saturated carbocycles. The Morgan fingerprint density at radius 3 is 2.46 bits per heavy atom. The van der Waals surface area contributed by atoms with Crippen molar-refractivity contribution in [2.75, 3.05) is 0 Å². The van der Waals surface area contributed by atoms with Crippen LogP contribution in [0.1, 0.15) is 42.5 Å². The van der Waals surface area contributed by atoms with Gasteiger partial charge in [-0.15, -0.1) is 6.58 Å². The number of rotatable bonds is 5. The maximum atomic E-state index is 3.88. The molecule has 0 aliphatic heterocycles. The van der Waals surface area contributed by atoms with Crippen LogP contribution in [0.15, 0.2) is 109 Å². The van der Waals surface area contributed by atoms with Crippen molar-refractivity contribution in [3.8, 4) is 0 Å². The van der Waals surface area contributed by atoms with Crippen LogP contribution < -0.4 is 0 Å². The molecule has 138 valence electrons. The van der Waals surface area contributed by atoms with E-state index in [1.165, 1.54) is 39.0 Å². The van der Waals surface area contributed by atoms with Gasteiger partial charge in [-0.2, -0.15) is 0 Å². The fraction of sp³-hybridized carbons (Fsp3) is 0.143. The minimum Gasteiger partial charge on any atom is -0.103 e. The maximum absolute atomic E-state index is 3.88. The molecule has 28 heavy (non-hydrogen) atoms. The van der Waals surface area contributed by atoms with Crippen molar-refractivity contribution in [3.05, 3.63) is 131 Å². The standard InChI is InChI=1S/C28H26/c1-4-6-8-15-23-20-22-14-10-12-18-26(22)28(23)25(17-9-7-5-2)21(3)24-16-11-13-19-27(24)28/h4-6,8-20H,2,7H2,1,3H3/b6-4-,15-8-,17-9?. The van der Waals surface area contributed by atoms with E-state index in [4.69, 9.17) is 0 Å². The number of hydrogen-bond acceptors (Lipinski definition) is 0. The third-order valence-corrected chi connectivity index (χ3v) is 5.82. The Morgan fingerprint density at radius 1 is 0.929 bits per heavy atom. The predicted octanol–water partition coefficient (Wildman–Crippen LogP) is 7.42. The average molecular weight is 363 g/mol. The lowest BCUT2D eigenvalue weighted by molar-refractivity contribution is 0.778. The van der Waals surface area contributed by atoms with Crippen LogP contribution in [0.5, 0.6) is 0 Å². The van der Waals surface area contributed by atoms with Crippen molar-refractivity contribution < 1.29 is 0 Å². The molecule has 0 fully saturated rings. The van der Waals surface area contributed by atoms with Crippen LogP contribution in [0.2, 0.25) is 0 Å². The molecule has 0 N–H and O–H groups in total. The number of benzene rings is 2. The molecule has 0 saturated heterocycles. The topological polar surface area (TPSA) is 0 Å². The molecule has 2 aliphatic rings. The summed E-state index contributed by atoms with van der Waals surface area (Å²) in [5, 5.41) is 0. The van der Waals surface area contributed by atoms with Crippen LogP contribution in [-0.4, -0.2) is 0 Å². The lowest BCUT2D eigenvalue weighted by Gasteiger charge is -2.32. The first-order valence-electron chi connectivity index (χ1n) is 9.94. The van der Waals surface area contributed by atoms with Crippen molar-refractivity contribution in [1.29, 1.82) is 0 Å². The fourth-order valence-electron chi connectivity index (χ4n) is 4.68. The number of fused-ring (bicyclic) bond motifs is 4. The predicted molar refractivity (Wildman–Crippen MR) is 122 cm³/mol. The van der Waals surface area contributed by atoms with Crippen molar-refractivity contribution in [2.24, 2.45) is 0 Å². The van der Waals surface area contributed by atoms with E-state index in [0.29, 0.717) is 0 Å². The zero-order valence-corrected chi connectivity index (χ0v) is 16.7. The molecule has 0 heterocycles. The summed E-state index contributed by atoms with van der Waals surface area (Å²) in [6.07, 6.45) is 18.3. The molecular formula is C28H26. The first-order valence-corrected chi connectivity index (χ1v) is 9.94. The molecule has 0 bridgehead atoms. The van der Waals surface area contributed by atoms with Crippen LogP contribution in [-0.2, 0) is 5.41 Å². The summed E-state index contributed by atoms with van der Waals surface area (Å²) in [5.74, 6) is 0. The van der Waals surface area contributed by atoms with Gasteiger partial charge in [0.1, 0.15) is 0 Å². The highest BCUT2D eigenvalue weighted by atomic mass is 14.5. The summed E-state index contributed by atoms with van der Waals surface area (Å²) in [4.78, 5) is 0. The Labute approximate surface area is 168 Å². The van der Waals surface area contributed by atoms with Crippen molar-refractivity contribution in [3.63, 3.8) is 0 Å². The first kappa shape index (κ1) is 18.3. The molecule has 0 amide bonds. The molecule has 1 atom stereocenters. The van der Waals surface area contributed by atoms with Gasteiger partial charge in [0.25, 0.3) is 0 Å². The van der Waals surface area contributed by atoms with E-state index in [-0.39, 0.29) is 5.41 Å². The summed E-state index contributed by atoms with van der Waals surface area (Å²) >= 11 is 0. The highest BCUT2D eigenvalue weighted by Crippen LogP contribution is 2.59. The molecule has 2 aromatic carbocycles. The third kappa shape index (κ3) is 2.60. The Hall–Kier alpha value is -3.12. The van der Waals surface area contributed by atoms with Gasteiger partial charge < -0.3 is 0 Å². The van der Waals surface area contributed by atoms with Crippen molar-refractivity contribution >= 4 is 11.6 Å². The lowest BCUT2D eigenvalue weighted by atomic mass is 9.68. The molecule has 4 rings (SSSR count). The number of allylic oxidation sites excluding steroid dienone is 10. The quantitative estimate of drug-likeness (QED) is 0.383. The fourth-order valence-corrected chi connectivity index (χ4v) is 4.68. The van der Waals surface area contributed by atoms with Crippen LogP contribution in [0.25, 0.3) is 11.6 Å². The van der Waals surface area contributed by atoms with E-state index in [9.17, 15) is 0 Å². The molecule has 0 nitrogen and oxygen atoms in total. The summed E-state index contributed by atoms with van der Waals surface area (Å²) < 4.78 is 0. The summed E-state index contributed by atoms with van der Waals surface area (Å²) in [6, 6.07) is 17.7. The van der Waals surface area contributed by atoms with Gasteiger partial charge in [0.05, 0.1) is 5.41 Å². The van der Waals surface area contributed by atoms with Gasteiger partial charge in [-0.1, -0.05) is 91.1 Å². The molecular weight excluding hydrogens is 336 g/mol. The number of hydrogen-bond donors (Lipinski definition) is 0. The summed E-state index contributed by atoms with van der Waals surface area (Å²) in [6.45, 7) is 8.19. The largest absolute Gasteiger partial charge is 0.103 e. The second-order valence-electron chi connectivity index (χ2n) is 7.33. The Morgan fingerprint density at radius 2 is 1.68 bits per heavy atom. The Bertz CT molecular complexity index is 1070. The SMILES string of the molecule is C=CCC=CC1=C(C)c2ccccc2C12C(/C=C\C=C/C)=Cc1ccccc12. The first-order chi connectivity index (χ1) is 13.7. The molecule has 2 aromatic rings. The molecule has 0 radical (unpaired) electrons. The molecule has 1 spiro atoms. The van der Waals surface area contributed by atoms with E-state index >= 15 is 0 Å². The van der Waals surface area contributed by atoms with E-state index in [0.717, 1.165) is 6.42 Å². The molecule has 1 unspecified atom stereocenters. The van der Waals surface area contributed by atoms with Crippen LogP contribution in [0, 0.1) is 0 Å². The van der Waals surface area contributed by atoms with Gasteiger partial charge in [0.2, 0.25) is 0 Å². The third-order valence-electron chi connectivity index (χ3n) is 5.82. The van der Waals surface area contributed by atoms with E-state index in [1.807, 2.05) is 6.08 Å². The lowest BCUT2D eigenvalue weighted by Crippen LogP contribution is -2.27. The highest BCUT2D eigenvalue weighted by Gasteiger charge is 2.49. The zero-order chi connectivity index (χ0) is 19.6. The molecule has 0 aromatic heterocycles. The van der Waals surface area contributed by atoms with Gasteiger partial charge in [-0.25, -0.2) is 0 Å². The molecule has 0 heteroatoms. The zero-order valence-electron chi connectivity index (χ0n) is 16.7. The summed E-state index contributed by atoms with van der Waals surface area (Å²) in [5.41, 5.74) is 9.23. The monoisotopic (exact) mass is 362 g/mol. The maximum Gasteiger partial charge on any atom is 0.0716 e. The van der Waals surface area contributed by atoms with Crippen LogP contribution in [0.4, 0.5) is 0 Å². The minimum absolute atomic E-state index is 0.243. The normalized spacial score (nSPS) is 20.6. The smallest absolute Gasteiger partial charge is 0.0716 e. The van der Waals surface area contributed by atoms with Crippen LogP contribution in [0.3, 0.4) is 0 Å². The van der Waals surface area contributed by atoms with Crippen molar-refractivity contribution in [2.45, 2.75) is 25.7 Å². The Kier molecular flexibility index (Phi) is 4.88. The van der Waals surface area contributed by atoms with Gasteiger partial charge >= 0.3 is 0 Å². The van der Waals surface area contributed by atoms with E-state index in [2.05, 4.69) is 111 Å². The minimum atomic E-state index is -0.243. The van der Waals surface area contributed by atoms with Gasteiger partial charge in [0.15, 0.2) is 0 Å². The van der Waals surface area contributed by atoms with Gasteiger partial charge in [-0.3, -0.25) is 0 Å². The average Bonchev–Trinajstić information content (AvgIpc) is 3.18. The van der Waals surface area contributed by atoms with Gasteiger partial charge in [-0.05, 0) is 65.3 Å². The molecule has 2 aliphatic carbocycles. The Balaban J connectivity index is 2.04. The summed E-state index contributed by atoms with van der Waals surface area (Å²) in [7, 11) is 0.